The van der Waals surface area contributed by atoms with E-state index >= 15 is 0 Å². The zero-order valence-corrected chi connectivity index (χ0v) is 17.4. The molecule has 0 unspecified atom stereocenters. The third-order valence-corrected chi connectivity index (χ3v) is 5.50. The molecule has 4 rings (SSSR count). The van der Waals surface area contributed by atoms with E-state index in [0.29, 0.717) is 22.4 Å². The van der Waals surface area contributed by atoms with Crippen molar-refractivity contribution in [2.24, 2.45) is 10.7 Å². The minimum atomic E-state index is -0.227. The van der Waals surface area contributed by atoms with Gasteiger partial charge in [0.1, 0.15) is 0 Å². The molecule has 1 saturated heterocycles. The van der Waals surface area contributed by atoms with Gasteiger partial charge >= 0.3 is 0 Å². The van der Waals surface area contributed by atoms with Gasteiger partial charge in [-0.2, -0.15) is 0 Å². The lowest BCUT2D eigenvalue weighted by molar-refractivity contribution is 0.0664. The second-order valence-corrected chi connectivity index (χ2v) is 7.62. The van der Waals surface area contributed by atoms with Crippen molar-refractivity contribution < 1.29 is 4.79 Å². The Morgan fingerprint density at radius 3 is 2.48 bits per heavy atom. The number of aromatic nitrogens is 1. The Bertz CT molecular complexity index is 1200. The minimum Gasteiger partial charge on any atom is -0.404 e. The summed E-state index contributed by atoms with van der Waals surface area (Å²) in [6.45, 7) is 3.24. The maximum Gasteiger partial charge on any atom is 0.256 e. The molecule has 1 amide bonds. The zero-order chi connectivity index (χ0) is 21.8. The molecule has 1 aliphatic heterocycles. The summed E-state index contributed by atoms with van der Waals surface area (Å²) in [5.74, 6) is 0.0360. The van der Waals surface area contributed by atoms with Gasteiger partial charge in [0.2, 0.25) is 0 Å². The number of hydrogen-bond donors (Lipinski definition) is 2. The fraction of sp³-hybridized carbons (Fsp3) is 0.208. The fourth-order valence-electron chi connectivity index (χ4n) is 3.59. The first-order valence-corrected chi connectivity index (χ1v) is 10.2. The van der Waals surface area contributed by atoms with Crippen molar-refractivity contribution in [3.8, 4) is 0 Å². The molecule has 1 fully saturated rings. The van der Waals surface area contributed by atoms with Crippen molar-refractivity contribution in [3.05, 3.63) is 82.3 Å². The third kappa shape index (κ3) is 4.57. The number of H-pyrrole nitrogens is 1. The summed E-state index contributed by atoms with van der Waals surface area (Å²) in [7, 11) is 2.06. The molecule has 3 aromatic rings. The molecule has 0 saturated carbocycles. The number of fused-ring (bicyclic) bond motifs is 1. The number of nitrogens with zero attached hydrogens (tertiary/aromatic N) is 3. The summed E-state index contributed by atoms with van der Waals surface area (Å²) in [6.07, 6.45) is 2.94. The molecule has 7 nitrogen and oxygen atoms in total. The molecule has 7 heteroatoms. The van der Waals surface area contributed by atoms with Crippen LogP contribution in [0.25, 0.3) is 16.5 Å². The standard InChI is InChI=1S/C24H25N5O2/c1-28-10-12-29(13-11-28)24(31)17-6-8-20(9-7-17)26-16-19(15-25)21-14-18-4-2-3-5-22(18)27-23(21)30/h2-9,14-16H,10-13,25H2,1H3,(H,27,30). The Morgan fingerprint density at radius 2 is 1.77 bits per heavy atom. The Labute approximate surface area is 180 Å². The highest BCUT2D eigenvalue weighted by atomic mass is 16.2. The number of aromatic amines is 1. The summed E-state index contributed by atoms with van der Waals surface area (Å²) >= 11 is 0. The number of aliphatic imine (C=N–C) groups is 1. The first kappa shape index (κ1) is 20.6. The van der Waals surface area contributed by atoms with Crippen molar-refractivity contribution >= 4 is 34.3 Å². The summed E-state index contributed by atoms with van der Waals surface area (Å²) in [6, 6.07) is 16.5. The van der Waals surface area contributed by atoms with Crippen LogP contribution in [0.4, 0.5) is 5.69 Å². The number of carbonyl (C=O) groups is 1. The van der Waals surface area contributed by atoms with Gasteiger partial charge < -0.3 is 20.5 Å². The molecule has 2 aromatic carbocycles. The number of nitrogens with two attached hydrogens (primary N) is 1. The molecule has 3 N–H and O–H groups in total. The van der Waals surface area contributed by atoms with Crippen LogP contribution in [0.2, 0.25) is 0 Å². The molecule has 0 atom stereocenters. The van der Waals surface area contributed by atoms with Crippen LogP contribution in [0.3, 0.4) is 0 Å². The van der Waals surface area contributed by atoms with Gasteiger partial charge in [-0.05, 0) is 48.8 Å². The van der Waals surface area contributed by atoms with Gasteiger partial charge in [-0.15, -0.1) is 0 Å². The van der Waals surface area contributed by atoms with Crippen molar-refractivity contribution in [2.45, 2.75) is 0 Å². The van der Waals surface area contributed by atoms with E-state index < -0.39 is 0 Å². The maximum absolute atomic E-state index is 12.7. The third-order valence-electron chi connectivity index (χ3n) is 5.50. The van der Waals surface area contributed by atoms with E-state index in [9.17, 15) is 9.59 Å². The molecule has 0 spiro atoms. The Balaban J connectivity index is 1.51. The predicted octanol–water partition coefficient (Wildman–Crippen LogP) is 2.62. The first-order valence-electron chi connectivity index (χ1n) is 10.2. The first-order chi connectivity index (χ1) is 15.0. The number of pyridine rings is 1. The molecule has 1 aliphatic rings. The number of benzene rings is 2. The quantitative estimate of drug-likeness (QED) is 0.641. The van der Waals surface area contributed by atoms with E-state index in [-0.39, 0.29) is 11.5 Å². The van der Waals surface area contributed by atoms with Gasteiger partial charge in [-0.3, -0.25) is 14.6 Å². The molecule has 2 heterocycles. The molecule has 31 heavy (non-hydrogen) atoms. The number of hydrogen-bond acceptors (Lipinski definition) is 5. The van der Waals surface area contributed by atoms with E-state index in [2.05, 4.69) is 21.9 Å². The van der Waals surface area contributed by atoms with Crippen LogP contribution in [-0.4, -0.2) is 60.1 Å². The van der Waals surface area contributed by atoms with Crippen LogP contribution < -0.4 is 11.3 Å². The number of amides is 1. The van der Waals surface area contributed by atoms with Crippen LogP contribution in [0.5, 0.6) is 0 Å². The SMILES string of the molecule is CN1CCN(C(=O)c2ccc(N=CC(=CN)c3cc4ccccc4[nH]c3=O)cc2)CC1. The van der Waals surface area contributed by atoms with E-state index in [1.165, 1.54) is 6.20 Å². The van der Waals surface area contributed by atoms with Crippen LogP contribution in [0.15, 0.2) is 70.6 Å². The number of allylic oxidation sites excluding steroid dienone is 1. The van der Waals surface area contributed by atoms with Crippen LogP contribution in [0.1, 0.15) is 15.9 Å². The zero-order valence-electron chi connectivity index (χ0n) is 17.4. The largest absolute Gasteiger partial charge is 0.404 e. The smallest absolute Gasteiger partial charge is 0.256 e. The van der Waals surface area contributed by atoms with Gasteiger partial charge in [0.25, 0.3) is 11.5 Å². The van der Waals surface area contributed by atoms with Gasteiger partial charge in [0.15, 0.2) is 0 Å². The number of para-hydroxylation sites is 1. The summed E-state index contributed by atoms with van der Waals surface area (Å²) in [5.41, 5.74) is 8.60. The van der Waals surface area contributed by atoms with Gasteiger partial charge in [-0.25, -0.2) is 0 Å². The second-order valence-electron chi connectivity index (χ2n) is 7.62. The molecular formula is C24H25N5O2. The van der Waals surface area contributed by atoms with E-state index in [4.69, 9.17) is 5.73 Å². The Kier molecular flexibility index (Phi) is 5.95. The van der Waals surface area contributed by atoms with Crippen LogP contribution in [-0.2, 0) is 0 Å². The number of nitrogens with one attached hydrogen (secondary N) is 1. The lowest BCUT2D eigenvalue weighted by Crippen LogP contribution is -2.47. The monoisotopic (exact) mass is 415 g/mol. The van der Waals surface area contributed by atoms with Gasteiger partial charge in [-0.1, -0.05) is 18.2 Å². The van der Waals surface area contributed by atoms with E-state index in [1.807, 2.05) is 29.2 Å². The summed E-state index contributed by atoms with van der Waals surface area (Å²) in [4.78, 5) is 36.5. The highest BCUT2D eigenvalue weighted by Gasteiger charge is 2.20. The van der Waals surface area contributed by atoms with E-state index in [1.54, 1.807) is 36.5 Å². The molecular weight excluding hydrogens is 390 g/mol. The number of rotatable bonds is 4. The van der Waals surface area contributed by atoms with Crippen LogP contribution in [0, 0.1) is 0 Å². The van der Waals surface area contributed by atoms with Crippen molar-refractivity contribution in [1.29, 1.82) is 0 Å². The second kappa shape index (κ2) is 8.97. The fourth-order valence-corrected chi connectivity index (χ4v) is 3.59. The molecule has 1 aromatic heterocycles. The average Bonchev–Trinajstić information content (AvgIpc) is 2.80. The molecule has 0 radical (unpaired) electrons. The van der Waals surface area contributed by atoms with Crippen molar-refractivity contribution in [1.82, 2.24) is 14.8 Å². The highest BCUT2D eigenvalue weighted by molar-refractivity contribution is 6.11. The molecule has 0 bridgehead atoms. The van der Waals surface area contributed by atoms with Gasteiger partial charge in [0.05, 0.1) is 11.3 Å². The number of likely N-dealkylation sites (N-methyl/N-ethyl adjacent to an activating group) is 1. The number of piperazine rings is 1. The topological polar surface area (TPSA) is 94.8 Å². The summed E-state index contributed by atoms with van der Waals surface area (Å²) < 4.78 is 0. The maximum atomic E-state index is 12.7. The summed E-state index contributed by atoms with van der Waals surface area (Å²) in [5, 5.41) is 0.914. The number of carbonyl (C=O) groups excluding carboxylic acids is 1. The van der Waals surface area contributed by atoms with E-state index in [0.717, 1.165) is 37.1 Å². The van der Waals surface area contributed by atoms with Gasteiger partial charge in [0, 0.05) is 55.2 Å². The minimum absolute atomic E-state index is 0.0360. The van der Waals surface area contributed by atoms with Crippen LogP contribution >= 0.6 is 0 Å². The predicted molar refractivity (Wildman–Crippen MR) is 125 cm³/mol. The van der Waals surface area contributed by atoms with Crippen molar-refractivity contribution in [2.75, 3.05) is 33.2 Å². The lowest BCUT2D eigenvalue weighted by Gasteiger charge is -2.32. The normalized spacial score (nSPS) is 15.6. The Hall–Kier alpha value is -3.71. The molecule has 158 valence electrons. The van der Waals surface area contributed by atoms with Crippen molar-refractivity contribution in [3.63, 3.8) is 0 Å². The lowest BCUT2D eigenvalue weighted by atomic mass is 10.1. The Morgan fingerprint density at radius 1 is 1.06 bits per heavy atom. The molecule has 0 aliphatic carbocycles. The average molecular weight is 415 g/mol. The highest BCUT2D eigenvalue weighted by Crippen LogP contribution is 2.18.